The van der Waals surface area contributed by atoms with Crippen molar-refractivity contribution < 1.29 is 14.3 Å². The highest BCUT2D eigenvalue weighted by Crippen LogP contribution is 2.31. The van der Waals surface area contributed by atoms with Gasteiger partial charge in [0.2, 0.25) is 0 Å². The second-order valence-electron chi connectivity index (χ2n) is 7.38. The summed E-state index contributed by atoms with van der Waals surface area (Å²) in [6.07, 6.45) is 1.01. The van der Waals surface area contributed by atoms with Crippen molar-refractivity contribution in [1.82, 2.24) is 5.32 Å². The third-order valence-corrected chi connectivity index (χ3v) is 4.80. The molecule has 0 aliphatic rings. The van der Waals surface area contributed by atoms with E-state index in [0.29, 0.717) is 18.9 Å². The Kier molecular flexibility index (Phi) is 7.72. The summed E-state index contributed by atoms with van der Waals surface area (Å²) in [5.41, 5.74) is 2.54. The van der Waals surface area contributed by atoms with E-state index < -0.39 is 0 Å². The Bertz CT molecular complexity index is 751. The quantitative estimate of drug-likeness (QED) is 0.603. The minimum Gasteiger partial charge on any atom is -0.492 e. The van der Waals surface area contributed by atoms with Crippen molar-refractivity contribution in [2.75, 3.05) is 19.8 Å². The van der Waals surface area contributed by atoms with Gasteiger partial charge >= 0.3 is 0 Å². The molecule has 4 nitrogen and oxygen atoms in total. The maximum atomic E-state index is 11.9. The molecule has 0 bridgehead atoms. The van der Waals surface area contributed by atoms with Crippen LogP contribution in [0.25, 0.3) is 0 Å². The molecule has 0 atom stereocenters. The van der Waals surface area contributed by atoms with Crippen LogP contribution in [-0.2, 0) is 16.6 Å². The molecule has 0 spiro atoms. The number of aryl methyl sites for hydroxylation is 1. The molecule has 27 heavy (non-hydrogen) atoms. The highest BCUT2D eigenvalue weighted by atomic mass is 79.9. The fourth-order valence-corrected chi connectivity index (χ4v) is 2.95. The Balaban J connectivity index is 1.71. The van der Waals surface area contributed by atoms with Crippen LogP contribution in [0.1, 0.15) is 38.8 Å². The minimum atomic E-state index is -0.174. The van der Waals surface area contributed by atoms with Crippen molar-refractivity contribution in [3.63, 3.8) is 0 Å². The van der Waals surface area contributed by atoms with Crippen LogP contribution in [-0.4, -0.2) is 25.7 Å². The van der Waals surface area contributed by atoms with E-state index in [2.05, 4.69) is 48.9 Å². The Morgan fingerprint density at radius 3 is 2.37 bits per heavy atom. The lowest BCUT2D eigenvalue weighted by Gasteiger charge is -2.20. The smallest absolute Gasteiger partial charge is 0.258 e. The highest BCUT2D eigenvalue weighted by molar-refractivity contribution is 9.10. The van der Waals surface area contributed by atoms with Crippen molar-refractivity contribution in [2.45, 2.75) is 39.5 Å². The van der Waals surface area contributed by atoms with Crippen molar-refractivity contribution in [3.8, 4) is 11.5 Å². The summed E-state index contributed by atoms with van der Waals surface area (Å²) in [5, 5.41) is 2.80. The Labute approximate surface area is 170 Å². The molecular formula is C22H28BrNO3. The van der Waals surface area contributed by atoms with Gasteiger partial charge in [0.25, 0.3) is 5.91 Å². The van der Waals surface area contributed by atoms with Crippen LogP contribution in [0.4, 0.5) is 0 Å². The molecule has 5 heteroatoms. The van der Waals surface area contributed by atoms with Gasteiger partial charge in [-0.15, -0.1) is 0 Å². The molecular weight excluding hydrogens is 406 g/mol. The van der Waals surface area contributed by atoms with Gasteiger partial charge < -0.3 is 14.8 Å². The van der Waals surface area contributed by atoms with E-state index >= 15 is 0 Å². The zero-order valence-corrected chi connectivity index (χ0v) is 18.1. The molecule has 0 saturated carbocycles. The number of hydrogen-bond acceptors (Lipinski definition) is 3. The van der Waals surface area contributed by atoms with Gasteiger partial charge in [-0.25, -0.2) is 0 Å². The lowest BCUT2D eigenvalue weighted by molar-refractivity contribution is -0.123. The topological polar surface area (TPSA) is 47.6 Å². The summed E-state index contributed by atoms with van der Waals surface area (Å²) in [7, 11) is 0. The number of ether oxygens (including phenoxy) is 2. The van der Waals surface area contributed by atoms with Crippen LogP contribution < -0.4 is 14.8 Å². The summed E-state index contributed by atoms with van der Waals surface area (Å²) >= 11 is 3.51. The molecule has 0 heterocycles. The minimum absolute atomic E-state index is 0.0291. The first kappa shape index (κ1) is 21.3. The second-order valence-corrected chi connectivity index (χ2v) is 8.23. The molecule has 146 valence electrons. The molecule has 2 rings (SSSR count). The number of carbonyl (C=O) groups is 1. The summed E-state index contributed by atoms with van der Waals surface area (Å²) in [6.45, 7) is 9.40. The maximum Gasteiger partial charge on any atom is 0.258 e. The van der Waals surface area contributed by atoms with Gasteiger partial charge in [0.05, 0.1) is 11.0 Å². The largest absolute Gasteiger partial charge is 0.492 e. The van der Waals surface area contributed by atoms with Crippen LogP contribution in [0, 0.1) is 0 Å². The van der Waals surface area contributed by atoms with Crippen LogP contribution in [0.2, 0.25) is 0 Å². The second kappa shape index (κ2) is 9.79. The fourth-order valence-electron chi connectivity index (χ4n) is 2.46. The number of amides is 1. The average molecular weight is 434 g/mol. The summed E-state index contributed by atoms with van der Waals surface area (Å²) in [4.78, 5) is 11.9. The normalized spacial score (nSPS) is 11.1. The summed E-state index contributed by atoms with van der Waals surface area (Å²) in [6, 6.07) is 13.9. The number of carbonyl (C=O) groups excluding carboxylic acids is 1. The third-order valence-electron chi connectivity index (χ3n) is 4.18. The first-order chi connectivity index (χ1) is 12.8. The first-order valence-corrected chi connectivity index (χ1v) is 10.00. The predicted molar refractivity (Wildman–Crippen MR) is 113 cm³/mol. The Morgan fingerprint density at radius 1 is 1.07 bits per heavy atom. The number of rotatable bonds is 8. The standard InChI is InChI=1S/C22H28BrNO3/c1-5-16-6-9-18(10-7-16)26-13-12-24-21(25)15-27-20-11-8-17(14-19(20)23)22(2,3)4/h6-11,14H,5,12-13,15H2,1-4H3,(H,24,25). The molecule has 1 amide bonds. The van der Waals surface area contributed by atoms with Gasteiger partial charge in [-0.05, 0) is 63.2 Å². The van der Waals surface area contributed by atoms with Crippen LogP contribution in [0.3, 0.4) is 0 Å². The fraction of sp³-hybridized carbons (Fsp3) is 0.409. The zero-order chi connectivity index (χ0) is 19.9. The van der Waals surface area contributed by atoms with E-state index in [1.54, 1.807) is 0 Å². The van der Waals surface area contributed by atoms with E-state index in [9.17, 15) is 4.79 Å². The third kappa shape index (κ3) is 6.90. The van der Waals surface area contributed by atoms with Gasteiger partial charge in [-0.1, -0.05) is 45.9 Å². The molecule has 0 saturated heterocycles. The van der Waals surface area contributed by atoms with Crippen molar-refractivity contribution in [3.05, 3.63) is 58.1 Å². The van der Waals surface area contributed by atoms with Gasteiger partial charge in [0.1, 0.15) is 18.1 Å². The lowest BCUT2D eigenvalue weighted by Crippen LogP contribution is -2.32. The Hall–Kier alpha value is -2.01. The van der Waals surface area contributed by atoms with Crippen LogP contribution in [0.15, 0.2) is 46.9 Å². The van der Waals surface area contributed by atoms with E-state index in [1.165, 1.54) is 11.1 Å². The average Bonchev–Trinajstić information content (AvgIpc) is 2.64. The molecule has 2 aromatic rings. The van der Waals surface area contributed by atoms with Gasteiger partial charge in [0.15, 0.2) is 6.61 Å². The highest BCUT2D eigenvalue weighted by Gasteiger charge is 2.15. The van der Waals surface area contributed by atoms with Gasteiger partial charge in [-0.3, -0.25) is 4.79 Å². The number of benzene rings is 2. The van der Waals surface area contributed by atoms with Crippen LogP contribution >= 0.6 is 15.9 Å². The number of hydrogen-bond donors (Lipinski definition) is 1. The van der Waals surface area contributed by atoms with Crippen molar-refractivity contribution in [1.29, 1.82) is 0 Å². The maximum absolute atomic E-state index is 11.9. The van der Waals surface area contributed by atoms with E-state index in [-0.39, 0.29) is 17.9 Å². The van der Waals surface area contributed by atoms with Gasteiger partial charge in [-0.2, -0.15) is 0 Å². The molecule has 0 aliphatic carbocycles. The lowest BCUT2D eigenvalue weighted by atomic mass is 9.87. The SMILES string of the molecule is CCc1ccc(OCCNC(=O)COc2ccc(C(C)(C)C)cc2Br)cc1. The number of nitrogens with one attached hydrogen (secondary N) is 1. The molecule has 2 aromatic carbocycles. The molecule has 0 aromatic heterocycles. The first-order valence-electron chi connectivity index (χ1n) is 9.21. The van der Waals surface area contributed by atoms with E-state index in [4.69, 9.17) is 9.47 Å². The van der Waals surface area contributed by atoms with E-state index in [1.807, 2.05) is 42.5 Å². The van der Waals surface area contributed by atoms with Crippen LogP contribution in [0.5, 0.6) is 11.5 Å². The number of halogens is 1. The molecule has 0 aliphatic heterocycles. The van der Waals surface area contributed by atoms with Crippen molar-refractivity contribution in [2.24, 2.45) is 0 Å². The van der Waals surface area contributed by atoms with Gasteiger partial charge in [0, 0.05) is 0 Å². The predicted octanol–water partition coefficient (Wildman–Crippen LogP) is 4.88. The zero-order valence-electron chi connectivity index (χ0n) is 16.5. The summed E-state index contributed by atoms with van der Waals surface area (Å²) in [5.74, 6) is 1.29. The molecule has 1 N–H and O–H groups in total. The van der Waals surface area contributed by atoms with Crippen molar-refractivity contribution >= 4 is 21.8 Å². The monoisotopic (exact) mass is 433 g/mol. The molecule has 0 fully saturated rings. The van der Waals surface area contributed by atoms with E-state index in [0.717, 1.165) is 16.6 Å². The Morgan fingerprint density at radius 2 is 1.78 bits per heavy atom. The molecule has 0 unspecified atom stereocenters. The summed E-state index contributed by atoms with van der Waals surface area (Å²) < 4.78 is 12.1. The molecule has 0 radical (unpaired) electrons.